The molecule has 0 bridgehead atoms. The van der Waals surface area contributed by atoms with E-state index in [1.165, 1.54) is 24.8 Å². The normalized spacial score (nSPS) is 17.4. The maximum atomic E-state index is 14.3. The predicted molar refractivity (Wildman–Crippen MR) is 139 cm³/mol. The first-order valence-electron chi connectivity index (χ1n) is 12.4. The van der Waals surface area contributed by atoms with Crippen LogP contribution in [0.3, 0.4) is 0 Å². The number of halogens is 2. The maximum absolute atomic E-state index is 14.3. The van der Waals surface area contributed by atoms with E-state index in [1.807, 2.05) is 6.07 Å². The maximum Gasteiger partial charge on any atom is 0.276 e. The quantitative estimate of drug-likeness (QED) is 0.408. The van der Waals surface area contributed by atoms with Crippen LogP contribution in [0.1, 0.15) is 48.7 Å². The standard InChI is InChI=1S/C27H28F2N6O2/c1-16-12-13-34(15-16)25-18(14-30)21(31-17-4-2-5-17)8-9-22(25)32-27(37)23-10-11-24(36)35(33-23)26-19(28)6-3-7-20(26)29/h3,6-11,14,16-17,30-31H,2,4-5,12-13,15H2,1H3,(H,32,37)/t16-/m0/s1. The molecule has 1 aliphatic carbocycles. The minimum Gasteiger partial charge on any atom is -0.382 e. The number of aromatic nitrogens is 2. The molecule has 2 aliphatic rings. The molecule has 1 aliphatic heterocycles. The van der Waals surface area contributed by atoms with E-state index in [1.54, 1.807) is 6.07 Å². The monoisotopic (exact) mass is 506 g/mol. The zero-order chi connectivity index (χ0) is 26.1. The van der Waals surface area contributed by atoms with Crippen molar-refractivity contribution in [2.24, 2.45) is 5.92 Å². The first-order chi connectivity index (χ1) is 17.9. The topological polar surface area (TPSA) is 103 Å². The lowest BCUT2D eigenvalue weighted by Crippen LogP contribution is -2.29. The average molecular weight is 507 g/mol. The Morgan fingerprint density at radius 2 is 1.78 bits per heavy atom. The second-order valence-corrected chi connectivity index (χ2v) is 9.67. The first kappa shape index (κ1) is 24.6. The second kappa shape index (κ2) is 10.1. The molecule has 37 heavy (non-hydrogen) atoms. The fourth-order valence-corrected chi connectivity index (χ4v) is 4.80. The van der Waals surface area contributed by atoms with Crippen LogP contribution in [0.4, 0.5) is 25.8 Å². The highest BCUT2D eigenvalue weighted by molar-refractivity contribution is 6.08. The smallest absolute Gasteiger partial charge is 0.276 e. The van der Waals surface area contributed by atoms with Gasteiger partial charge in [0.2, 0.25) is 0 Å². The molecule has 10 heteroatoms. The van der Waals surface area contributed by atoms with Gasteiger partial charge in [0.15, 0.2) is 11.6 Å². The van der Waals surface area contributed by atoms with Gasteiger partial charge in [0.25, 0.3) is 11.5 Å². The summed E-state index contributed by atoms with van der Waals surface area (Å²) in [5.41, 5.74) is 1.16. The van der Waals surface area contributed by atoms with Crippen molar-refractivity contribution >= 4 is 29.2 Å². The van der Waals surface area contributed by atoms with Crippen molar-refractivity contribution < 1.29 is 13.6 Å². The van der Waals surface area contributed by atoms with Gasteiger partial charge in [-0.2, -0.15) is 9.78 Å². The number of benzene rings is 2. The molecule has 2 heterocycles. The molecule has 3 N–H and O–H groups in total. The Labute approximate surface area is 212 Å². The fraction of sp³-hybridized carbons (Fsp3) is 0.333. The van der Waals surface area contributed by atoms with Gasteiger partial charge in [-0.05, 0) is 61.9 Å². The summed E-state index contributed by atoms with van der Waals surface area (Å²) in [6.07, 6.45) is 5.63. The molecule has 192 valence electrons. The van der Waals surface area contributed by atoms with Crippen LogP contribution >= 0.6 is 0 Å². The molecule has 8 nitrogen and oxygen atoms in total. The molecule has 3 aromatic rings. The molecule has 1 saturated carbocycles. The van der Waals surface area contributed by atoms with E-state index in [0.717, 1.165) is 61.9 Å². The molecule has 1 aromatic heterocycles. The van der Waals surface area contributed by atoms with Gasteiger partial charge in [-0.25, -0.2) is 8.78 Å². The number of hydrogen-bond donors (Lipinski definition) is 3. The third kappa shape index (κ3) is 4.83. The van der Waals surface area contributed by atoms with E-state index in [2.05, 4.69) is 27.6 Å². The van der Waals surface area contributed by atoms with Crippen molar-refractivity contribution in [1.82, 2.24) is 9.78 Å². The molecule has 2 fully saturated rings. The third-order valence-electron chi connectivity index (χ3n) is 7.00. The minimum absolute atomic E-state index is 0.184. The van der Waals surface area contributed by atoms with Gasteiger partial charge in [-0.3, -0.25) is 9.59 Å². The second-order valence-electron chi connectivity index (χ2n) is 9.67. The first-order valence-corrected chi connectivity index (χ1v) is 12.4. The van der Waals surface area contributed by atoms with Crippen molar-refractivity contribution in [1.29, 1.82) is 5.41 Å². The highest BCUT2D eigenvalue weighted by atomic mass is 19.1. The Morgan fingerprint density at radius 3 is 2.41 bits per heavy atom. The van der Waals surface area contributed by atoms with Crippen molar-refractivity contribution in [3.05, 3.63) is 75.7 Å². The van der Waals surface area contributed by atoms with E-state index < -0.39 is 28.8 Å². The van der Waals surface area contributed by atoms with Gasteiger partial charge in [0, 0.05) is 42.7 Å². The third-order valence-corrected chi connectivity index (χ3v) is 7.00. The van der Waals surface area contributed by atoms with E-state index in [-0.39, 0.29) is 5.69 Å². The van der Waals surface area contributed by atoms with Crippen LogP contribution in [0.15, 0.2) is 47.3 Å². The summed E-state index contributed by atoms with van der Waals surface area (Å²) < 4.78 is 29.2. The molecular weight excluding hydrogens is 478 g/mol. The van der Waals surface area contributed by atoms with Gasteiger partial charge in [-0.1, -0.05) is 13.0 Å². The van der Waals surface area contributed by atoms with Gasteiger partial charge in [0.1, 0.15) is 11.4 Å². The van der Waals surface area contributed by atoms with Gasteiger partial charge in [-0.15, -0.1) is 0 Å². The lowest BCUT2D eigenvalue weighted by molar-refractivity contribution is 0.102. The molecule has 1 saturated heterocycles. The number of rotatable bonds is 7. The van der Waals surface area contributed by atoms with Crippen molar-refractivity contribution in [3.8, 4) is 5.69 Å². The van der Waals surface area contributed by atoms with Crippen LogP contribution in [0.25, 0.3) is 5.69 Å². The molecule has 0 unspecified atom stereocenters. The van der Waals surface area contributed by atoms with Crippen molar-refractivity contribution in [3.63, 3.8) is 0 Å². The fourth-order valence-electron chi connectivity index (χ4n) is 4.80. The van der Waals surface area contributed by atoms with Gasteiger partial charge in [0.05, 0.1) is 11.4 Å². The Kier molecular flexibility index (Phi) is 6.73. The van der Waals surface area contributed by atoms with Crippen LogP contribution in [0.5, 0.6) is 0 Å². The van der Waals surface area contributed by atoms with Crippen LogP contribution in [-0.4, -0.2) is 41.0 Å². The van der Waals surface area contributed by atoms with E-state index >= 15 is 0 Å². The predicted octanol–water partition coefficient (Wildman–Crippen LogP) is 4.57. The van der Waals surface area contributed by atoms with E-state index in [0.29, 0.717) is 27.9 Å². The zero-order valence-corrected chi connectivity index (χ0v) is 20.4. The summed E-state index contributed by atoms with van der Waals surface area (Å²) in [5.74, 6) is -2.12. The Balaban J connectivity index is 1.51. The van der Waals surface area contributed by atoms with E-state index in [9.17, 15) is 18.4 Å². The number of amides is 1. The molecule has 1 amide bonds. The van der Waals surface area contributed by atoms with Crippen LogP contribution in [0, 0.1) is 23.0 Å². The number of nitrogens with one attached hydrogen (secondary N) is 3. The number of carbonyl (C=O) groups is 1. The molecule has 1 atom stereocenters. The number of para-hydroxylation sites is 1. The van der Waals surface area contributed by atoms with Gasteiger partial charge < -0.3 is 20.9 Å². The number of anilines is 3. The Hall–Kier alpha value is -4.08. The Bertz CT molecular complexity index is 1400. The van der Waals surface area contributed by atoms with Crippen molar-refractivity contribution in [2.75, 3.05) is 28.6 Å². The summed E-state index contributed by atoms with van der Waals surface area (Å²) in [7, 11) is 0. The van der Waals surface area contributed by atoms with Crippen molar-refractivity contribution in [2.45, 2.75) is 38.6 Å². The molecule has 0 radical (unpaired) electrons. The summed E-state index contributed by atoms with van der Waals surface area (Å²) in [5, 5.41) is 18.5. The van der Waals surface area contributed by atoms with Gasteiger partial charge >= 0.3 is 0 Å². The van der Waals surface area contributed by atoms with E-state index in [4.69, 9.17) is 5.41 Å². The molecule has 5 rings (SSSR count). The number of nitrogens with zero attached hydrogens (tertiary/aromatic N) is 3. The summed E-state index contributed by atoms with van der Waals surface area (Å²) in [4.78, 5) is 27.8. The SMILES string of the molecule is C[C@H]1CCN(c2c(NC(=O)c3ccc(=O)n(-c4c(F)cccc4F)n3)ccc(NC3CCC3)c2C=N)C1. The van der Waals surface area contributed by atoms with Crippen LogP contribution in [-0.2, 0) is 0 Å². The van der Waals surface area contributed by atoms with Crippen LogP contribution in [0.2, 0.25) is 0 Å². The Morgan fingerprint density at radius 1 is 1.05 bits per heavy atom. The lowest BCUT2D eigenvalue weighted by atomic mass is 9.92. The molecule has 2 aromatic carbocycles. The zero-order valence-electron chi connectivity index (χ0n) is 20.4. The minimum atomic E-state index is -0.970. The largest absolute Gasteiger partial charge is 0.382 e. The number of hydrogen-bond acceptors (Lipinski definition) is 6. The highest BCUT2D eigenvalue weighted by Crippen LogP contribution is 2.38. The number of carbonyl (C=O) groups excluding carboxylic acids is 1. The van der Waals surface area contributed by atoms with Crippen LogP contribution < -0.4 is 21.1 Å². The summed E-state index contributed by atoms with van der Waals surface area (Å²) in [6, 6.07) is 9.48. The molecule has 0 spiro atoms. The highest BCUT2D eigenvalue weighted by Gasteiger charge is 2.27. The summed E-state index contributed by atoms with van der Waals surface area (Å²) in [6.45, 7) is 3.73. The average Bonchev–Trinajstić information content (AvgIpc) is 3.28. The summed E-state index contributed by atoms with van der Waals surface area (Å²) >= 11 is 0. The molecular formula is C27H28F2N6O2. The lowest BCUT2D eigenvalue weighted by Gasteiger charge is -2.31.